The summed E-state index contributed by atoms with van der Waals surface area (Å²) >= 11 is 0. The van der Waals surface area contributed by atoms with Crippen LogP contribution in [-0.2, 0) is 22.6 Å². The molecule has 0 saturated carbocycles. The van der Waals surface area contributed by atoms with E-state index in [1.165, 1.54) is 11.1 Å². The number of carbonyl (C=O) groups excluding carboxylic acids is 1. The first-order chi connectivity index (χ1) is 11.8. The normalized spacial score (nSPS) is 16.1. The van der Waals surface area contributed by atoms with Crippen LogP contribution in [0.4, 0.5) is 0 Å². The smallest absolute Gasteiger partial charge is 0.258 e. The van der Waals surface area contributed by atoms with Crippen molar-refractivity contribution < 1.29 is 19.0 Å². The number of nitrogens with one attached hydrogen (secondary N) is 1. The van der Waals surface area contributed by atoms with E-state index in [9.17, 15) is 4.79 Å². The van der Waals surface area contributed by atoms with E-state index in [0.29, 0.717) is 24.7 Å². The Kier molecular flexibility index (Phi) is 5.33. The van der Waals surface area contributed by atoms with Gasteiger partial charge in [-0.15, -0.1) is 0 Å². The molecule has 5 nitrogen and oxygen atoms in total. The number of hydrogen-bond donors (Lipinski definition) is 1. The average molecular weight is 327 g/mol. The van der Waals surface area contributed by atoms with Crippen LogP contribution in [0.3, 0.4) is 0 Å². The molecule has 1 heterocycles. The van der Waals surface area contributed by atoms with E-state index in [-0.39, 0.29) is 18.6 Å². The third kappa shape index (κ3) is 4.06. The standard InChI is InChI=1S/C19H21NO4/c1-22-17-8-4-5-9-18(17)24-13-19(21)20-11-16-10-14-6-2-3-7-15(14)12-23-16/h2-9,16H,10-13H2,1H3,(H,20,21). The van der Waals surface area contributed by atoms with Crippen LogP contribution in [0.1, 0.15) is 11.1 Å². The summed E-state index contributed by atoms with van der Waals surface area (Å²) in [4.78, 5) is 12.0. The highest BCUT2D eigenvalue weighted by atomic mass is 16.5. The van der Waals surface area contributed by atoms with Crippen molar-refractivity contribution in [3.05, 3.63) is 59.7 Å². The predicted octanol–water partition coefficient (Wildman–Crippen LogP) is 2.33. The van der Waals surface area contributed by atoms with Gasteiger partial charge in [0.15, 0.2) is 18.1 Å². The zero-order chi connectivity index (χ0) is 16.8. The van der Waals surface area contributed by atoms with Crippen LogP contribution in [0.5, 0.6) is 11.5 Å². The van der Waals surface area contributed by atoms with Crippen LogP contribution < -0.4 is 14.8 Å². The second-order valence-corrected chi connectivity index (χ2v) is 5.65. The lowest BCUT2D eigenvalue weighted by Gasteiger charge is -2.25. The molecule has 1 N–H and O–H groups in total. The minimum atomic E-state index is -0.177. The second kappa shape index (κ2) is 7.84. The quantitative estimate of drug-likeness (QED) is 0.885. The van der Waals surface area contributed by atoms with E-state index in [0.717, 1.165) is 6.42 Å². The largest absolute Gasteiger partial charge is 0.493 e. The molecule has 2 aromatic carbocycles. The van der Waals surface area contributed by atoms with E-state index in [1.807, 2.05) is 24.3 Å². The minimum absolute atomic E-state index is 0.00453. The number of methoxy groups -OCH3 is 1. The van der Waals surface area contributed by atoms with Gasteiger partial charge in [0.25, 0.3) is 5.91 Å². The third-order valence-corrected chi connectivity index (χ3v) is 4.00. The Labute approximate surface area is 141 Å². The van der Waals surface area contributed by atoms with Crippen molar-refractivity contribution in [3.8, 4) is 11.5 Å². The summed E-state index contributed by atoms with van der Waals surface area (Å²) in [5, 5.41) is 2.86. The molecule has 0 radical (unpaired) electrons. The van der Waals surface area contributed by atoms with Gasteiger partial charge in [-0.2, -0.15) is 0 Å². The third-order valence-electron chi connectivity index (χ3n) is 4.00. The maximum absolute atomic E-state index is 12.0. The summed E-state index contributed by atoms with van der Waals surface area (Å²) in [5.74, 6) is 0.985. The van der Waals surface area contributed by atoms with Gasteiger partial charge in [-0.3, -0.25) is 4.79 Å². The van der Waals surface area contributed by atoms with Crippen molar-refractivity contribution in [2.24, 2.45) is 0 Å². The molecule has 2 aromatic rings. The fraction of sp³-hybridized carbons (Fsp3) is 0.316. The van der Waals surface area contributed by atoms with Gasteiger partial charge >= 0.3 is 0 Å². The van der Waals surface area contributed by atoms with Gasteiger partial charge in [0.1, 0.15) is 0 Å². The molecule has 0 aromatic heterocycles. The maximum Gasteiger partial charge on any atom is 0.258 e. The maximum atomic E-state index is 12.0. The Morgan fingerprint density at radius 1 is 1.12 bits per heavy atom. The number of para-hydroxylation sites is 2. The van der Waals surface area contributed by atoms with E-state index in [1.54, 1.807) is 19.2 Å². The van der Waals surface area contributed by atoms with Gasteiger partial charge in [0, 0.05) is 13.0 Å². The van der Waals surface area contributed by atoms with Gasteiger partial charge in [-0.25, -0.2) is 0 Å². The topological polar surface area (TPSA) is 56.8 Å². The number of ether oxygens (including phenoxy) is 3. The molecular weight excluding hydrogens is 306 g/mol. The Morgan fingerprint density at radius 3 is 2.62 bits per heavy atom. The van der Waals surface area contributed by atoms with Crippen molar-refractivity contribution in [2.45, 2.75) is 19.1 Å². The van der Waals surface area contributed by atoms with E-state index < -0.39 is 0 Å². The van der Waals surface area contributed by atoms with Gasteiger partial charge in [-0.1, -0.05) is 36.4 Å². The predicted molar refractivity (Wildman–Crippen MR) is 90.2 cm³/mol. The van der Waals surface area contributed by atoms with Gasteiger partial charge in [0.05, 0.1) is 19.8 Å². The molecule has 3 rings (SSSR count). The van der Waals surface area contributed by atoms with Crippen molar-refractivity contribution >= 4 is 5.91 Å². The molecule has 126 valence electrons. The van der Waals surface area contributed by atoms with Crippen molar-refractivity contribution in [3.63, 3.8) is 0 Å². The number of benzene rings is 2. The number of carbonyl (C=O) groups is 1. The summed E-state index contributed by atoms with van der Waals surface area (Å²) in [6, 6.07) is 15.5. The summed E-state index contributed by atoms with van der Waals surface area (Å²) in [7, 11) is 1.57. The van der Waals surface area contributed by atoms with Crippen molar-refractivity contribution in [1.29, 1.82) is 0 Å². The Bertz CT molecular complexity index is 701. The molecule has 0 bridgehead atoms. The summed E-state index contributed by atoms with van der Waals surface area (Å²) in [5.41, 5.74) is 2.51. The molecule has 1 aliphatic rings. The zero-order valence-electron chi connectivity index (χ0n) is 13.7. The molecule has 1 amide bonds. The highest BCUT2D eigenvalue weighted by Crippen LogP contribution is 2.25. The van der Waals surface area contributed by atoms with Crippen LogP contribution in [0.15, 0.2) is 48.5 Å². The SMILES string of the molecule is COc1ccccc1OCC(=O)NCC1Cc2ccccc2CO1. The highest BCUT2D eigenvalue weighted by molar-refractivity contribution is 5.77. The van der Waals surface area contributed by atoms with E-state index in [2.05, 4.69) is 17.4 Å². The molecule has 1 atom stereocenters. The zero-order valence-corrected chi connectivity index (χ0v) is 13.7. The number of fused-ring (bicyclic) bond motifs is 1. The molecule has 1 unspecified atom stereocenters. The molecule has 0 saturated heterocycles. The second-order valence-electron chi connectivity index (χ2n) is 5.65. The Hall–Kier alpha value is -2.53. The van der Waals surface area contributed by atoms with E-state index >= 15 is 0 Å². The lowest BCUT2D eigenvalue weighted by atomic mass is 9.99. The molecular formula is C19H21NO4. The Balaban J connectivity index is 1.45. The van der Waals surface area contributed by atoms with Crippen molar-refractivity contribution in [1.82, 2.24) is 5.32 Å². The molecule has 0 spiro atoms. The first kappa shape index (κ1) is 16.3. The first-order valence-electron chi connectivity index (χ1n) is 7.97. The van der Waals surface area contributed by atoms with Gasteiger partial charge in [0.2, 0.25) is 0 Å². The number of rotatable bonds is 6. The summed E-state index contributed by atoms with van der Waals surface area (Å²) in [6.45, 7) is 1.01. The molecule has 24 heavy (non-hydrogen) atoms. The van der Waals surface area contributed by atoms with Crippen LogP contribution >= 0.6 is 0 Å². The molecule has 0 aliphatic carbocycles. The average Bonchev–Trinajstić information content (AvgIpc) is 2.64. The number of hydrogen-bond acceptors (Lipinski definition) is 4. The first-order valence-corrected chi connectivity index (χ1v) is 7.97. The van der Waals surface area contributed by atoms with Crippen LogP contribution in [0.25, 0.3) is 0 Å². The van der Waals surface area contributed by atoms with Crippen LogP contribution in [0, 0.1) is 0 Å². The lowest BCUT2D eigenvalue weighted by Crippen LogP contribution is -2.38. The fourth-order valence-electron chi connectivity index (χ4n) is 2.70. The van der Waals surface area contributed by atoms with Crippen LogP contribution in [-0.4, -0.2) is 32.3 Å². The summed E-state index contributed by atoms with van der Waals surface area (Å²) < 4.78 is 16.5. The number of amides is 1. The minimum Gasteiger partial charge on any atom is -0.493 e. The Morgan fingerprint density at radius 2 is 1.83 bits per heavy atom. The van der Waals surface area contributed by atoms with Gasteiger partial charge < -0.3 is 19.5 Å². The highest BCUT2D eigenvalue weighted by Gasteiger charge is 2.19. The molecule has 1 aliphatic heterocycles. The monoisotopic (exact) mass is 327 g/mol. The molecule has 0 fully saturated rings. The molecule has 5 heteroatoms. The van der Waals surface area contributed by atoms with Gasteiger partial charge in [-0.05, 0) is 23.3 Å². The van der Waals surface area contributed by atoms with Crippen LogP contribution in [0.2, 0.25) is 0 Å². The van der Waals surface area contributed by atoms with E-state index in [4.69, 9.17) is 14.2 Å². The fourth-order valence-corrected chi connectivity index (χ4v) is 2.70. The lowest BCUT2D eigenvalue weighted by molar-refractivity contribution is -0.123. The van der Waals surface area contributed by atoms with Crippen molar-refractivity contribution in [2.75, 3.05) is 20.3 Å². The summed E-state index contributed by atoms with van der Waals surface area (Å²) in [6.07, 6.45) is 0.805.